The predicted octanol–water partition coefficient (Wildman–Crippen LogP) is 1.21. The molecular weight excluding hydrogens is 642 g/mol. The second-order valence-corrected chi connectivity index (χ2v) is 17.7. The molecule has 7 aliphatic heterocycles. The number of likely N-dealkylation sites (N-methyl/N-ethyl adjacent to an activating group) is 2. The van der Waals surface area contributed by atoms with Crippen molar-refractivity contribution in [3.63, 3.8) is 0 Å². The number of phenols is 2. The molecule has 11 aliphatic rings. The summed E-state index contributed by atoms with van der Waals surface area (Å²) in [5, 5.41) is 48.5. The zero-order chi connectivity index (χ0) is 33.5. The highest BCUT2D eigenvalue weighted by Crippen LogP contribution is 2.73. The van der Waals surface area contributed by atoms with Gasteiger partial charge in [0.2, 0.25) is 0 Å². The van der Waals surface area contributed by atoms with E-state index in [9.17, 15) is 20.4 Å². The van der Waals surface area contributed by atoms with E-state index in [4.69, 9.17) is 23.7 Å². The first-order valence-corrected chi connectivity index (χ1v) is 18.7. The van der Waals surface area contributed by atoms with Crippen LogP contribution in [-0.4, -0.2) is 134 Å². The fourth-order valence-electron chi connectivity index (χ4n) is 14.6. The maximum Gasteiger partial charge on any atom is 0.165 e. The molecule has 10 unspecified atom stereocenters. The van der Waals surface area contributed by atoms with Crippen LogP contribution in [0.5, 0.6) is 23.0 Å². The van der Waals surface area contributed by atoms with Gasteiger partial charge in [0, 0.05) is 23.2 Å². The lowest BCUT2D eigenvalue weighted by atomic mass is 9.46. The van der Waals surface area contributed by atoms with Gasteiger partial charge in [-0.3, -0.25) is 0 Å². The van der Waals surface area contributed by atoms with Gasteiger partial charge in [-0.1, -0.05) is 12.1 Å². The van der Waals surface area contributed by atoms with Gasteiger partial charge in [0.1, 0.15) is 42.1 Å². The summed E-state index contributed by atoms with van der Waals surface area (Å²) in [4.78, 5) is 6.85. The number of aliphatic hydroxyl groups is 2. The summed E-state index contributed by atoms with van der Waals surface area (Å²) >= 11 is 0. The molecule has 50 heavy (non-hydrogen) atoms. The van der Waals surface area contributed by atoms with Crippen molar-refractivity contribution in [2.24, 2.45) is 0 Å². The number of nitrogens with zero attached hydrogens (tertiary/aromatic N) is 3. The van der Waals surface area contributed by atoms with Crippen LogP contribution in [0, 0.1) is 0 Å². The van der Waals surface area contributed by atoms with Gasteiger partial charge in [0.05, 0.1) is 28.6 Å². The lowest BCUT2D eigenvalue weighted by molar-refractivity contribution is -0.285. The normalized spacial score (nSPS) is 52.6. The summed E-state index contributed by atoms with van der Waals surface area (Å²) in [7, 11) is 4.21. The van der Waals surface area contributed by atoms with E-state index in [0.29, 0.717) is 69.5 Å². The van der Waals surface area contributed by atoms with Crippen molar-refractivity contribution in [1.82, 2.24) is 14.7 Å². The zero-order valence-corrected chi connectivity index (χ0v) is 28.3. The number of piperidine rings is 2. The largest absolute Gasteiger partial charge is 0.504 e. The van der Waals surface area contributed by atoms with Crippen LogP contribution in [0.2, 0.25) is 0 Å². The van der Waals surface area contributed by atoms with Crippen LogP contribution >= 0.6 is 0 Å². The molecule has 7 heterocycles. The van der Waals surface area contributed by atoms with E-state index in [0.717, 1.165) is 35.3 Å². The average Bonchev–Trinajstić information content (AvgIpc) is 3.89. The van der Waals surface area contributed by atoms with Crippen molar-refractivity contribution in [3.05, 3.63) is 46.5 Å². The Labute approximate surface area is 289 Å². The van der Waals surface area contributed by atoms with E-state index in [1.807, 2.05) is 12.1 Å². The Bertz CT molecular complexity index is 1850. The zero-order valence-electron chi connectivity index (χ0n) is 28.3. The van der Waals surface area contributed by atoms with Crippen molar-refractivity contribution in [3.8, 4) is 23.0 Å². The highest BCUT2D eigenvalue weighted by Gasteiger charge is 2.86. The van der Waals surface area contributed by atoms with Gasteiger partial charge in [-0.15, -0.1) is 0 Å². The fraction of sp³-hybridized carbons (Fsp3) is 0.684. The van der Waals surface area contributed by atoms with Crippen molar-refractivity contribution >= 4 is 0 Å². The van der Waals surface area contributed by atoms with Gasteiger partial charge in [0.25, 0.3) is 0 Å². The van der Waals surface area contributed by atoms with Gasteiger partial charge < -0.3 is 53.9 Å². The Morgan fingerprint density at radius 2 is 1.18 bits per heavy atom. The first-order chi connectivity index (χ1) is 24.0. The molecule has 4 aliphatic carbocycles. The van der Waals surface area contributed by atoms with Crippen LogP contribution in [0.4, 0.5) is 0 Å². The molecule has 12 heteroatoms. The number of aromatic hydroxyl groups is 2. The lowest BCUT2D eigenvalue weighted by Crippen LogP contribution is -2.81. The average molecular weight is 686 g/mol. The SMILES string of the molecule is CN1CCC23c4c5ccc(O)c4OC2C2(CCC3(O)C1C5)O[C@H]1CO[C@@H]3N1[C@H]2OC31CCC2(O)C3Cc4ccc(O)c5c4C2(CCN3C)C1O5. The van der Waals surface area contributed by atoms with Crippen LogP contribution < -0.4 is 9.47 Å². The molecule has 7 fully saturated rings. The molecular formula is C38H43N3O9. The minimum atomic E-state index is -1.07. The van der Waals surface area contributed by atoms with Crippen molar-refractivity contribution in [2.45, 2.75) is 128 Å². The highest BCUT2D eigenvalue weighted by atomic mass is 16.7. The first-order valence-electron chi connectivity index (χ1n) is 18.7. The molecule has 13 atom stereocenters. The molecule has 0 aromatic heterocycles. The summed E-state index contributed by atoms with van der Waals surface area (Å²) in [6.07, 6.45) is 2.14. The Hall–Kier alpha value is -2.68. The lowest BCUT2D eigenvalue weighted by Gasteiger charge is -2.66. The van der Waals surface area contributed by atoms with E-state index >= 15 is 0 Å². The number of rotatable bonds is 0. The molecule has 0 radical (unpaired) electrons. The number of fused-ring (bicyclic) bond motifs is 4. The third-order valence-corrected chi connectivity index (χ3v) is 16.4. The quantitative estimate of drug-likeness (QED) is 0.318. The highest BCUT2D eigenvalue weighted by molar-refractivity contribution is 5.65. The second kappa shape index (κ2) is 8.26. The molecule has 4 N–H and O–H groups in total. The third kappa shape index (κ3) is 2.56. The maximum atomic E-state index is 13.0. The summed E-state index contributed by atoms with van der Waals surface area (Å²) in [6.45, 7) is 1.94. The van der Waals surface area contributed by atoms with Crippen molar-refractivity contribution in [2.75, 3.05) is 33.8 Å². The van der Waals surface area contributed by atoms with Gasteiger partial charge >= 0.3 is 0 Å². The van der Waals surface area contributed by atoms with Gasteiger partial charge in [0.15, 0.2) is 23.0 Å². The van der Waals surface area contributed by atoms with Crippen LogP contribution in [0.3, 0.4) is 0 Å². The van der Waals surface area contributed by atoms with Crippen LogP contribution in [0.15, 0.2) is 24.3 Å². The van der Waals surface area contributed by atoms with E-state index in [1.54, 1.807) is 12.1 Å². The third-order valence-electron chi connectivity index (χ3n) is 16.4. The number of phenolic OH excluding ortho intramolecular Hbond substituents is 2. The van der Waals surface area contributed by atoms with Gasteiger partial charge in [-0.25, -0.2) is 4.90 Å². The Kier molecular flexibility index (Phi) is 4.77. The molecule has 5 saturated heterocycles. The fourth-order valence-corrected chi connectivity index (χ4v) is 14.6. The number of likely N-dealkylation sites (tertiary alicyclic amines) is 2. The smallest absolute Gasteiger partial charge is 0.165 e. The Morgan fingerprint density at radius 3 is 1.72 bits per heavy atom. The summed E-state index contributed by atoms with van der Waals surface area (Å²) < 4.78 is 35.6. The number of hydrogen-bond acceptors (Lipinski definition) is 12. The summed E-state index contributed by atoms with van der Waals surface area (Å²) in [5.74, 6) is 1.15. The van der Waals surface area contributed by atoms with Crippen molar-refractivity contribution in [1.29, 1.82) is 0 Å². The predicted molar refractivity (Wildman–Crippen MR) is 173 cm³/mol. The molecule has 0 amide bonds. The first kappa shape index (κ1) is 28.9. The van der Waals surface area contributed by atoms with Crippen LogP contribution in [0.25, 0.3) is 0 Å². The minimum Gasteiger partial charge on any atom is -0.504 e. The van der Waals surface area contributed by atoms with E-state index < -0.39 is 57.9 Å². The Morgan fingerprint density at radius 1 is 0.660 bits per heavy atom. The standard InChI is InChI=1S/C38H43N3O9/c1-39-13-11-33-25-18-3-5-20(42)27(25)47-29(33)35(7-9-37(33,44)22(39)15-18)31-41-24(17-46-31)49-36(32(41)50-35)8-10-38(45)23-16-19-4-6-21(43)28-26(19)34(38,30(36)48-28)12-14-40(23)2/h3-6,22-24,29-32,42-45H,7-17H2,1-2H3/t22?,23?,24-,29?,30?,31-,32-,33?,34?,35?,36?,37?,38?/m0/s1. The molecule has 264 valence electrons. The van der Waals surface area contributed by atoms with E-state index in [2.05, 4.69) is 28.8 Å². The molecule has 13 rings (SSSR count). The molecule has 12 nitrogen and oxygen atoms in total. The van der Waals surface area contributed by atoms with Crippen molar-refractivity contribution < 1.29 is 44.1 Å². The molecule has 2 aromatic carbocycles. The van der Waals surface area contributed by atoms with E-state index in [-0.39, 0.29) is 29.8 Å². The molecule has 4 bridgehead atoms. The summed E-state index contributed by atoms with van der Waals surface area (Å²) in [5.41, 5.74) is -1.49. The number of benzene rings is 2. The van der Waals surface area contributed by atoms with Crippen LogP contribution in [0.1, 0.15) is 60.8 Å². The number of hydrogen-bond donors (Lipinski definition) is 4. The minimum absolute atomic E-state index is 0.0816. The monoisotopic (exact) mass is 685 g/mol. The van der Waals surface area contributed by atoms with E-state index in [1.165, 1.54) is 0 Å². The maximum absolute atomic E-state index is 13.0. The topological polar surface area (TPSA) is 137 Å². The molecule has 4 spiro atoms. The molecule has 2 saturated carbocycles. The van der Waals surface area contributed by atoms with Gasteiger partial charge in [-0.2, -0.15) is 0 Å². The second-order valence-electron chi connectivity index (χ2n) is 17.7. The van der Waals surface area contributed by atoms with Crippen LogP contribution in [-0.2, 0) is 37.9 Å². The summed E-state index contributed by atoms with van der Waals surface area (Å²) in [6, 6.07) is 7.31. The Balaban J connectivity index is 0.985. The number of ether oxygens (including phenoxy) is 5. The molecule has 2 aromatic rings. The van der Waals surface area contributed by atoms with Gasteiger partial charge in [-0.05, 0) is 102 Å².